The zero-order valence-electron chi connectivity index (χ0n) is 11.6. The first-order valence-corrected chi connectivity index (χ1v) is 6.79. The first kappa shape index (κ1) is 14.3. The quantitative estimate of drug-likeness (QED) is 0.917. The molecule has 7 nitrogen and oxygen atoms in total. The van der Waals surface area contributed by atoms with Crippen LogP contribution in [0.2, 0.25) is 0 Å². The Labute approximate surface area is 126 Å². The van der Waals surface area contributed by atoms with Gasteiger partial charge < -0.3 is 19.2 Å². The summed E-state index contributed by atoms with van der Waals surface area (Å²) in [5, 5.41) is 9.17. The number of carbonyl (C=O) groups excluding carboxylic acids is 1. The summed E-state index contributed by atoms with van der Waals surface area (Å²) in [6, 6.07) is 8.17. The molecular weight excluding hydrogens is 288 g/mol. The van der Waals surface area contributed by atoms with Crippen molar-refractivity contribution in [3.05, 3.63) is 42.3 Å². The van der Waals surface area contributed by atoms with Crippen LogP contribution in [0.3, 0.4) is 0 Å². The van der Waals surface area contributed by atoms with Crippen LogP contribution in [0, 0.1) is 0 Å². The van der Waals surface area contributed by atoms with Crippen molar-refractivity contribution in [3.63, 3.8) is 0 Å². The molecule has 1 aliphatic rings. The normalized spacial score (nSPS) is 18.2. The lowest BCUT2D eigenvalue weighted by Gasteiger charge is -2.32. The first-order chi connectivity index (χ1) is 10.7. The van der Waals surface area contributed by atoms with Gasteiger partial charge in [-0.2, -0.15) is 0 Å². The molecule has 1 amide bonds. The second-order valence-electron chi connectivity index (χ2n) is 4.83. The van der Waals surface area contributed by atoms with E-state index in [0.717, 1.165) is 5.56 Å². The highest BCUT2D eigenvalue weighted by atomic mass is 16.5. The molecule has 1 aromatic carbocycles. The minimum absolute atomic E-state index is 0.0233. The van der Waals surface area contributed by atoms with Crippen LogP contribution in [-0.2, 0) is 9.53 Å². The number of aliphatic carboxylic acids is 1. The maximum atomic E-state index is 12.4. The minimum atomic E-state index is -1.10. The van der Waals surface area contributed by atoms with Crippen molar-refractivity contribution in [1.29, 1.82) is 0 Å². The number of nitrogens with zero attached hydrogens (tertiary/aromatic N) is 2. The van der Waals surface area contributed by atoms with Gasteiger partial charge in [0.05, 0.1) is 13.2 Å². The maximum Gasteiger partial charge on any atom is 0.328 e. The molecule has 2 heterocycles. The highest BCUT2D eigenvalue weighted by Crippen LogP contribution is 2.20. The highest BCUT2D eigenvalue weighted by Gasteiger charge is 2.34. The summed E-state index contributed by atoms with van der Waals surface area (Å²) in [6.07, 6.45) is 1.25. The minimum Gasteiger partial charge on any atom is -0.480 e. The lowest BCUT2D eigenvalue weighted by Crippen LogP contribution is -2.52. The fraction of sp³-hybridized carbons (Fsp3) is 0.267. The molecule has 114 valence electrons. The molecular formula is C15H14N2O5. The molecule has 0 bridgehead atoms. The zero-order chi connectivity index (χ0) is 15.5. The number of ether oxygens (including phenoxy) is 1. The average molecular weight is 302 g/mol. The molecule has 3 rings (SSSR count). The molecule has 2 aromatic rings. The lowest BCUT2D eigenvalue weighted by molar-refractivity contribution is -0.147. The van der Waals surface area contributed by atoms with Crippen molar-refractivity contribution in [2.45, 2.75) is 6.04 Å². The van der Waals surface area contributed by atoms with E-state index < -0.39 is 17.9 Å². The molecule has 0 unspecified atom stereocenters. The zero-order valence-corrected chi connectivity index (χ0v) is 11.6. The molecule has 0 spiro atoms. The van der Waals surface area contributed by atoms with Crippen LogP contribution < -0.4 is 0 Å². The smallest absolute Gasteiger partial charge is 0.328 e. The van der Waals surface area contributed by atoms with Gasteiger partial charge in [0, 0.05) is 12.1 Å². The van der Waals surface area contributed by atoms with E-state index in [1.807, 2.05) is 30.3 Å². The Bertz CT molecular complexity index is 682. The first-order valence-electron chi connectivity index (χ1n) is 6.79. The van der Waals surface area contributed by atoms with Gasteiger partial charge in [0.15, 0.2) is 11.7 Å². The topological polar surface area (TPSA) is 92.9 Å². The van der Waals surface area contributed by atoms with Gasteiger partial charge in [-0.05, 0) is 12.1 Å². The standard InChI is InChI=1S/C15H14N2O5/c18-14(17-6-7-21-9-12(17)15(19)20)11-8-22-13(16-11)10-4-2-1-3-5-10/h1-5,8,12H,6-7,9H2,(H,19,20)/t12-/m0/s1. The monoisotopic (exact) mass is 302 g/mol. The molecule has 1 atom stereocenters. The Morgan fingerprint density at radius 1 is 1.27 bits per heavy atom. The van der Waals surface area contributed by atoms with E-state index in [-0.39, 0.29) is 18.8 Å². The molecule has 1 saturated heterocycles. The van der Waals surface area contributed by atoms with Crippen molar-refractivity contribution in [2.75, 3.05) is 19.8 Å². The number of carboxylic acid groups (broad SMARTS) is 1. The Morgan fingerprint density at radius 2 is 2.05 bits per heavy atom. The highest BCUT2D eigenvalue weighted by molar-refractivity contribution is 5.95. The van der Waals surface area contributed by atoms with E-state index in [9.17, 15) is 9.59 Å². The molecule has 0 saturated carbocycles. The predicted molar refractivity (Wildman–Crippen MR) is 75.2 cm³/mol. The lowest BCUT2D eigenvalue weighted by atomic mass is 10.2. The van der Waals surface area contributed by atoms with Crippen molar-refractivity contribution >= 4 is 11.9 Å². The number of hydrogen-bond acceptors (Lipinski definition) is 5. The summed E-state index contributed by atoms with van der Waals surface area (Å²) in [4.78, 5) is 29.1. The molecule has 0 radical (unpaired) electrons. The van der Waals surface area contributed by atoms with E-state index in [1.165, 1.54) is 11.2 Å². The summed E-state index contributed by atoms with van der Waals surface area (Å²) in [6.45, 7) is 0.493. The third-order valence-corrected chi connectivity index (χ3v) is 3.42. The van der Waals surface area contributed by atoms with Crippen LogP contribution in [0.25, 0.3) is 11.5 Å². The number of oxazole rings is 1. The molecule has 0 aliphatic carbocycles. The summed E-state index contributed by atoms with van der Waals surface area (Å²) in [7, 11) is 0. The van der Waals surface area contributed by atoms with Crippen molar-refractivity contribution < 1.29 is 23.8 Å². The maximum absolute atomic E-state index is 12.4. The Kier molecular flexibility index (Phi) is 3.88. The third kappa shape index (κ3) is 2.71. The van der Waals surface area contributed by atoms with Crippen LogP contribution in [-0.4, -0.2) is 52.7 Å². The SMILES string of the molecule is O=C(O)[C@@H]1COCCN1C(=O)c1coc(-c2ccccc2)n1. The van der Waals surface area contributed by atoms with E-state index >= 15 is 0 Å². The summed E-state index contributed by atoms with van der Waals surface area (Å²) in [5.74, 6) is -1.24. The van der Waals surface area contributed by atoms with E-state index in [1.54, 1.807) is 0 Å². The van der Waals surface area contributed by atoms with E-state index in [4.69, 9.17) is 14.3 Å². The Morgan fingerprint density at radius 3 is 2.77 bits per heavy atom. The number of carboxylic acids is 1. The molecule has 22 heavy (non-hydrogen) atoms. The molecule has 7 heteroatoms. The number of hydrogen-bond donors (Lipinski definition) is 1. The fourth-order valence-corrected chi connectivity index (χ4v) is 2.28. The van der Waals surface area contributed by atoms with Crippen LogP contribution in [0.15, 0.2) is 41.0 Å². The summed E-state index contributed by atoms with van der Waals surface area (Å²) >= 11 is 0. The van der Waals surface area contributed by atoms with Gasteiger partial charge in [-0.3, -0.25) is 4.79 Å². The second-order valence-corrected chi connectivity index (χ2v) is 4.83. The largest absolute Gasteiger partial charge is 0.480 e. The number of aromatic nitrogens is 1. The van der Waals surface area contributed by atoms with Crippen LogP contribution >= 0.6 is 0 Å². The van der Waals surface area contributed by atoms with Crippen molar-refractivity contribution in [1.82, 2.24) is 9.88 Å². The number of carbonyl (C=O) groups is 2. The van der Waals surface area contributed by atoms with Gasteiger partial charge in [0.2, 0.25) is 5.89 Å². The van der Waals surface area contributed by atoms with Crippen LogP contribution in [0.5, 0.6) is 0 Å². The van der Waals surface area contributed by atoms with E-state index in [2.05, 4.69) is 4.98 Å². The molecule has 1 fully saturated rings. The van der Waals surface area contributed by atoms with Gasteiger partial charge in [0.25, 0.3) is 5.91 Å². The van der Waals surface area contributed by atoms with Crippen LogP contribution in [0.1, 0.15) is 10.5 Å². The number of morpholine rings is 1. The molecule has 1 N–H and O–H groups in total. The van der Waals surface area contributed by atoms with Gasteiger partial charge in [0.1, 0.15) is 6.26 Å². The van der Waals surface area contributed by atoms with Gasteiger partial charge in [-0.25, -0.2) is 9.78 Å². The second kappa shape index (κ2) is 5.98. The molecule has 1 aromatic heterocycles. The van der Waals surface area contributed by atoms with Crippen molar-refractivity contribution in [3.8, 4) is 11.5 Å². The van der Waals surface area contributed by atoms with Gasteiger partial charge in [-0.15, -0.1) is 0 Å². The number of rotatable bonds is 3. The third-order valence-electron chi connectivity index (χ3n) is 3.42. The summed E-state index contributed by atoms with van der Waals surface area (Å²) in [5.41, 5.74) is 0.838. The van der Waals surface area contributed by atoms with Gasteiger partial charge in [-0.1, -0.05) is 18.2 Å². The Balaban J connectivity index is 1.83. The number of benzene rings is 1. The summed E-state index contributed by atoms with van der Waals surface area (Å²) < 4.78 is 10.4. The van der Waals surface area contributed by atoms with E-state index in [0.29, 0.717) is 12.5 Å². The van der Waals surface area contributed by atoms with Crippen LogP contribution in [0.4, 0.5) is 0 Å². The molecule has 1 aliphatic heterocycles. The average Bonchev–Trinajstić information content (AvgIpc) is 3.05. The van der Waals surface area contributed by atoms with Gasteiger partial charge >= 0.3 is 5.97 Å². The van der Waals surface area contributed by atoms with Crippen molar-refractivity contribution in [2.24, 2.45) is 0 Å². The fourth-order valence-electron chi connectivity index (χ4n) is 2.28. The number of amides is 1. The Hall–Kier alpha value is -2.67. The predicted octanol–water partition coefficient (Wildman–Crippen LogP) is 1.27.